The molecule has 0 aromatic heterocycles. The van der Waals surface area contributed by atoms with E-state index in [1.54, 1.807) is 7.11 Å². The Labute approximate surface area is 125 Å². The lowest BCUT2D eigenvalue weighted by Crippen LogP contribution is -2.24. The van der Waals surface area contributed by atoms with Crippen LogP contribution in [0.4, 0.5) is 0 Å². The van der Waals surface area contributed by atoms with Crippen LogP contribution in [0.25, 0.3) is 0 Å². The molecule has 0 atom stereocenters. The fourth-order valence-electron chi connectivity index (χ4n) is 2.21. The molecule has 0 spiro atoms. The molecule has 0 aliphatic carbocycles. The third kappa shape index (κ3) is 3.66. The summed E-state index contributed by atoms with van der Waals surface area (Å²) >= 11 is 6.31. The number of carboxylic acids is 1. The van der Waals surface area contributed by atoms with Gasteiger partial charge in [0.2, 0.25) is 0 Å². The number of methoxy groups -OCH3 is 1. The zero-order chi connectivity index (χ0) is 15.7. The maximum absolute atomic E-state index is 11.1. The van der Waals surface area contributed by atoms with Gasteiger partial charge in [-0.3, -0.25) is 4.79 Å². The summed E-state index contributed by atoms with van der Waals surface area (Å²) < 4.78 is 5.39. The molecule has 1 N–H and O–H groups in total. The molecule has 4 heteroatoms. The first-order chi connectivity index (χ1) is 8.99. The Morgan fingerprint density at radius 3 is 2.20 bits per heavy atom. The third-order valence-corrected chi connectivity index (χ3v) is 3.72. The zero-order valence-electron chi connectivity index (χ0n) is 13.0. The summed E-state index contributed by atoms with van der Waals surface area (Å²) in [4.78, 5) is 11.1. The maximum Gasteiger partial charge on any atom is 0.304 e. The minimum atomic E-state index is -0.839. The molecule has 1 aromatic carbocycles. The van der Waals surface area contributed by atoms with Crippen LogP contribution < -0.4 is 4.74 Å². The maximum atomic E-state index is 11.1. The van der Waals surface area contributed by atoms with Crippen LogP contribution in [0, 0.1) is 0 Å². The largest absolute Gasteiger partial charge is 0.495 e. The van der Waals surface area contributed by atoms with Crippen LogP contribution in [0.5, 0.6) is 5.75 Å². The van der Waals surface area contributed by atoms with E-state index < -0.39 is 11.4 Å². The first kappa shape index (κ1) is 16.8. The highest BCUT2D eigenvalue weighted by Gasteiger charge is 2.30. The molecule has 1 aromatic rings. The van der Waals surface area contributed by atoms with Gasteiger partial charge in [0.25, 0.3) is 0 Å². The zero-order valence-corrected chi connectivity index (χ0v) is 13.8. The Morgan fingerprint density at radius 2 is 1.80 bits per heavy atom. The molecule has 112 valence electrons. The van der Waals surface area contributed by atoms with E-state index in [4.69, 9.17) is 21.4 Å². The molecule has 3 nitrogen and oxygen atoms in total. The highest BCUT2D eigenvalue weighted by molar-refractivity contribution is 6.32. The molecule has 0 aliphatic heterocycles. The van der Waals surface area contributed by atoms with Gasteiger partial charge in [-0.05, 0) is 17.0 Å². The number of hydrogen-bond acceptors (Lipinski definition) is 2. The van der Waals surface area contributed by atoms with Gasteiger partial charge in [0, 0.05) is 11.0 Å². The lowest BCUT2D eigenvalue weighted by molar-refractivity contribution is -0.138. The molecule has 0 saturated carbocycles. The monoisotopic (exact) mass is 298 g/mol. The van der Waals surface area contributed by atoms with Crippen molar-refractivity contribution in [2.24, 2.45) is 0 Å². The molecule has 0 saturated heterocycles. The van der Waals surface area contributed by atoms with Crippen LogP contribution in [-0.2, 0) is 15.6 Å². The summed E-state index contributed by atoms with van der Waals surface area (Å²) in [5, 5.41) is 9.62. The van der Waals surface area contributed by atoms with Crippen LogP contribution in [0.15, 0.2) is 12.1 Å². The minimum absolute atomic E-state index is 0.0211. The van der Waals surface area contributed by atoms with Crippen LogP contribution in [0.3, 0.4) is 0 Å². The van der Waals surface area contributed by atoms with Gasteiger partial charge in [-0.15, -0.1) is 0 Å². The molecular formula is C16H23ClO3. The average molecular weight is 299 g/mol. The summed E-state index contributed by atoms with van der Waals surface area (Å²) in [7, 11) is 1.55. The van der Waals surface area contributed by atoms with Crippen molar-refractivity contribution in [1.82, 2.24) is 0 Å². The number of carboxylic acid groups (broad SMARTS) is 1. The van der Waals surface area contributed by atoms with Crippen molar-refractivity contribution in [3.63, 3.8) is 0 Å². The highest BCUT2D eigenvalue weighted by Crippen LogP contribution is 2.41. The van der Waals surface area contributed by atoms with Crippen molar-refractivity contribution < 1.29 is 14.6 Å². The van der Waals surface area contributed by atoms with Crippen LogP contribution >= 0.6 is 11.6 Å². The predicted octanol–water partition coefficient (Wildman–Crippen LogP) is 4.40. The van der Waals surface area contributed by atoms with Crippen molar-refractivity contribution >= 4 is 17.6 Å². The van der Waals surface area contributed by atoms with E-state index in [0.717, 1.165) is 11.1 Å². The fourth-order valence-corrected chi connectivity index (χ4v) is 2.51. The quantitative estimate of drug-likeness (QED) is 0.896. The second-order valence-electron chi connectivity index (χ2n) is 6.74. The second-order valence-corrected chi connectivity index (χ2v) is 7.15. The Morgan fingerprint density at radius 1 is 1.25 bits per heavy atom. The average Bonchev–Trinajstić information content (AvgIpc) is 2.24. The van der Waals surface area contributed by atoms with E-state index in [0.29, 0.717) is 10.8 Å². The summed E-state index contributed by atoms with van der Waals surface area (Å²) in [6.07, 6.45) is 0.0211. The lowest BCUT2D eigenvalue weighted by Gasteiger charge is -2.29. The molecule has 0 radical (unpaired) electrons. The van der Waals surface area contributed by atoms with Gasteiger partial charge in [-0.1, -0.05) is 52.3 Å². The molecular weight excluding hydrogens is 276 g/mol. The fraction of sp³-hybridized carbons (Fsp3) is 0.562. The van der Waals surface area contributed by atoms with Gasteiger partial charge in [0.1, 0.15) is 5.75 Å². The number of benzene rings is 1. The molecule has 0 bridgehead atoms. The van der Waals surface area contributed by atoms with E-state index >= 15 is 0 Å². The Hall–Kier alpha value is -1.22. The smallest absolute Gasteiger partial charge is 0.304 e. The minimum Gasteiger partial charge on any atom is -0.495 e. The van der Waals surface area contributed by atoms with Crippen molar-refractivity contribution in [1.29, 1.82) is 0 Å². The van der Waals surface area contributed by atoms with Gasteiger partial charge in [-0.25, -0.2) is 0 Å². The molecule has 0 fully saturated rings. The third-order valence-electron chi connectivity index (χ3n) is 3.44. The van der Waals surface area contributed by atoms with E-state index in [2.05, 4.69) is 20.8 Å². The Kier molecular flexibility index (Phi) is 4.75. The van der Waals surface area contributed by atoms with Crippen molar-refractivity contribution in [2.75, 3.05) is 7.11 Å². The highest BCUT2D eigenvalue weighted by atomic mass is 35.5. The molecule has 0 heterocycles. The SMILES string of the molecule is COc1c(Cl)cc(C(C)(C)C)cc1C(C)(C)CC(=O)O. The number of carbonyl (C=O) groups is 1. The van der Waals surface area contributed by atoms with Crippen molar-refractivity contribution in [2.45, 2.75) is 51.9 Å². The second kappa shape index (κ2) is 5.65. The molecule has 0 aliphatic rings. The number of rotatable bonds is 4. The Balaban J connectivity index is 3.50. The van der Waals surface area contributed by atoms with Gasteiger partial charge >= 0.3 is 5.97 Å². The number of aliphatic carboxylic acids is 1. The number of hydrogen-bond donors (Lipinski definition) is 1. The van der Waals surface area contributed by atoms with Crippen LogP contribution in [0.2, 0.25) is 5.02 Å². The van der Waals surface area contributed by atoms with Crippen molar-refractivity contribution in [3.8, 4) is 5.75 Å². The summed E-state index contributed by atoms with van der Waals surface area (Å²) in [5.74, 6) is -0.278. The number of halogens is 1. The number of ether oxygens (including phenoxy) is 1. The van der Waals surface area contributed by atoms with Gasteiger partial charge in [-0.2, -0.15) is 0 Å². The molecule has 1 rings (SSSR count). The summed E-state index contributed by atoms with van der Waals surface area (Å²) in [6, 6.07) is 3.90. The van der Waals surface area contributed by atoms with Gasteiger partial charge in [0.05, 0.1) is 18.6 Å². The predicted molar refractivity (Wildman–Crippen MR) is 82.0 cm³/mol. The standard InChI is InChI=1S/C16H23ClO3/c1-15(2,3)10-7-11(14(20-6)12(17)8-10)16(4,5)9-13(18)19/h7-8H,9H2,1-6H3,(H,18,19). The topological polar surface area (TPSA) is 46.5 Å². The van der Waals surface area contributed by atoms with Crippen LogP contribution in [0.1, 0.15) is 52.2 Å². The normalized spacial score (nSPS) is 12.3. The van der Waals surface area contributed by atoms with Crippen molar-refractivity contribution in [3.05, 3.63) is 28.3 Å². The van der Waals surface area contributed by atoms with Gasteiger partial charge in [0.15, 0.2) is 0 Å². The van der Waals surface area contributed by atoms with E-state index in [-0.39, 0.29) is 11.8 Å². The molecule has 0 amide bonds. The van der Waals surface area contributed by atoms with Crippen LogP contribution in [-0.4, -0.2) is 18.2 Å². The molecule has 20 heavy (non-hydrogen) atoms. The van der Waals surface area contributed by atoms with E-state index in [1.165, 1.54) is 0 Å². The first-order valence-electron chi connectivity index (χ1n) is 6.59. The summed E-state index contributed by atoms with van der Waals surface area (Å²) in [5.41, 5.74) is 1.28. The molecule has 0 unspecified atom stereocenters. The first-order valence-corrected chi connectivity index (χ1v) is 6.97. The van der Waals surface area contributed by atoms with E-state index in [1.807, 2.05) is 26.0 Å². The Bertz CT molecular complexity index is 513. The van der Waals surface area contributed by atoms with Gasteiger partial charge < -0.3 is 9.84 Å². The lowest BCUT2D eigenvalue weighted by atomic mass is 9.77. The van der Waals surface area contributed by atoms with E-state index in [9.17, 15) is 4.79 Å². The summed E-state index contributed by atoms with van der Waals surface area (Å²) in [6.45, 7) is 10.1.